The molecule has 1 aliphatic heterocycles. The molecule has 4 nitrogen and oxygen atoms in total. The van der Waals surface area contributed by atoms with Crippen molar-refractivity contribution in [1.29, 1.82) is 0 Å². The van der Waals surface area contributed by atoms with E-state index in [-0.39, 0.29) is 11.7 Å². The van der Waals surface area contributed by atoms with Crippen LogP contribution in [0.25, 0.3) is 0 Å². The second-order valence-corrected chi connectivity index (χ2v) is 7.04. The van der Waals surface area contributed by atoms with E-state index in [4.69, 9.17) is 9.73 Å². The van der Waals surface area contributed by atoms with Gasteiger partial charge in [0.2, 0.25) is 0 Å². The Kier molecular flexibility index (Phi) is 4.13. The first-order valence-corrected chi connectivity index (χ1v) is 8.95. The van der Waals surface area contributed by atoms with Gasteiger partial charge in [-0.2, -0.15) is 0 Å². The average molecular weight is 324 g/mol. The van der Waals surface area contributed by atoms with E-state index in [0.29, 0.717) is 18.5 Å². The van der Waals surface area contributed by atoms with Gasteiger partial charge in [-0.25, -0.2) is 0 Å². The van der Waals surface area contributed by atoms with Crippen LogP contribution in [0.4, 0.5) is 0 Å². The number of rotatable bonds is 2. The lowest BCUT2D eigenvalue weighted by atomic mass is 9.81. The van der Waals surface area contributed by atoms with Crippen LogP contribution in [-0.4, -0.2) is 31.2 Å². The fraction of sp³-hybridized carbons (Fsp3) is 0.500. The first-order valence-electron chi connectivity index (χ1n) is 8.95. The summed E-state index contributed by atoms with van der Waals surface area (Å²) in [4.78, 5) is 17.5. The number of para-hydroxylation sites is 1. The van der Waals surface area contributed by atoms with Crippen molar-refractivity contribution in [2.75, 3.05) is 7.11 Å². The fourth-order valence-corrected chi connectivity index (χ4v) is 4.29. The van der Waals surface area contributed by atoms with Crippen molar-refractivity contribution < 1.29 is 9.53 Å². The number of methoxy groups -OCH3 is 1. The maximum Gasteiger partial charge on any atom is 0.166 e. The molecule has 1 aromatic rings. The number of aliphatic imine (C=N–C) groups is 1. The Morgan fingerprint density at radius 3 is 2.88 bits per heavy atom. The predicted octanol–water partition coefficient (Wildman–Crippen LogP) is 3.38. The van der Waals surface area contributed by atoms with Gasteiger partial charge < -0.3 is 10.1 Å². The van der Waals surface area contributed by atoms with Gasteiger partial charge in [-0.3, -0.25) is 9.79 Å². The van der Waals surface area contributed by atoms with Crippen LogP contribution < -0.4 is 10.1 Å². The summed E-state index contributed by atoms with van der Waals surface area (Å²) in [6.07, 6.45) is 7.99. The van der Waals surface area contributed by atoms with Gasteiger partial charge in [0.05, 0.1) is 18.7 Å². The van der Waals surface area contributed by atoms with E-state index < -0.39 is 0 Å². The highest BCUT2D eigenvalue weighted by molar-refractivity contribution is 6.15. The second kappa shape index (κ2) is 6.42. The monoisotopic (exact) mass is 324 g/mol. The number of fused-ring (bicyclic) bond motifs is 1. The molecule has 1 fully saturated rings. The van der Waals surface area contributed by atoms with Crippen molar-refractivity contribution in [3.8, 4) is 5.75 Å². The van der Waals surface area contributed by atoms with E-state index in [1.807, 2.05) is 24.4 Å². The zero-order chi connectivity index (χ0) is 16.5. The van der Waals surface area contributed by atoms with Gasteiger partial charge in [-0.15, -0.1) is 0 Å². The van der Waals surface area contributed by atoms with Gasteiger partial charge in [0, 0.05) is 30.3 Å². The van der Waals surface area contributed by atoms with Crippen LogP contribution in [0.1, 0.15) is 50.0 Å². The summed E-state index contributed by atoms with van der Waals surface area (Å²) in [6.45, 7) is 0. The fourth-order valence-electron chi connectivity index (χ4n) is 4.29. The molecule has 2 aliphatic carbocycles. The standard InChI is InChI=1S/C20H24N2O2/c1-24-20-9-5-2-6-14(20)13-10-18-15(19(23)11-13)12-21-16-7-3-4-8-17(16)22-18/h2,5-6,9,12-13,16-17,22H,3-4,7-8,10-11H2,1H3/t13-,16-,17+/m0/s1. The van der Waals surface area contributed by atoms with E-state index >= 15 is 0 Å². The number of hydrogen-bond donors (Lipinski definition) is 1. The van der Waals surface area contributed by atoms with E-state index in [9.17, 15) is 4.79 Å². The maximum absolute atomic E-state index is 12.7. The Labute approximate surface area is 143 Å². The number of ketones is 1. The van der Waals surface area contributed by atoms with Crippen molar-refractivity contribution >= 4 is 12.0 Å². The smallest absolute Gasteiger partial charge is 0.166 e. The zero-order valence-electron chi connectivity index (χ0n) is 14.1. The highest BCUT2D eigenvalue weighted by Crippen LogP contribution is 2.39. The molecule has 1 saturated carbocycles. The molecule has 3 atom stereocenters. The minimum absolute atomic E-state index is 0.174. The lowest BCUT2D eigenvalue weighted by molar-refractivity contribution is -0.115. The van der Waals surface area contributed by atoms with Crippen molar-refractivity contribution in [2.24, 2.45) is 4.99 Å². The van der Waals surface area contributed by atoms with E-state index in [1.165, 1.54) is 12.8 Å². The number of Topliss-reactive ketones (excluding diaryl/α,β-unsaturated/α-hetero) is 1. The minimum Gasteiger partial charge on any atom is -0.496 e. The van der Waals surface area contributed by atoms with Crippen molar-refractivity contribution in [1.82, 2.24) is 5.32 Å². The molecular weight excluding hydrogens is 300 g/mol. The SMILES string of the molecule is COc1ccccc1[C@@H]1CC(=O)C2=C(C1)N[C@@H]1CCCC[C@@H]1N=C2. The first-order chi connectivity index (χ1) is 11.8. The molecular formula is C20H24N2O2. The molecule has 0 aromatic heterocycles. The molecule has 0 amide bonds. The zero-order valence-corrected chi connectivity index (χ0v) is 14.1. The number of benzene rings is 1. The van der Waals surface area contributed by atoms with Crippen molar-refractivity contribution in [3.63, 3.8) is 0 Å². The van der Waals surface area contributed by atoms with Crippen LogP contribution >= 0.6 is 0 Å². The van der Waals surface area contributed by atoms with Crippen LogP contribution in [0.5, 0.6) is 5.75 Å². The summed E-state index contributed by atoms with van der Waals surface area (Å²) < 4.78 is 5.51. The molecule has 24 heavy (non-hydrogen) atoms. The number of nitrogens with zero attached hydrogens (tertiary/aromatic N) is 1. The third-order valence-corrected chi connectivity index (χ3v) is 5.57. The highest BCUT2D eigenvalue weighted by Gasteiger charge is 2.34. The summed E-state index contributed by atoms with van der Waals surface area (Å²) in [5.41, 5.74) is 3.01. The Morgan fingerprint density at radius 2 is 2.00 bits per heavy atom. The Bertz CT molecular complexity index is 707. The third-order valence-electron chi connectivity index (χ3n) is 5.57. The molecule has 0 radical (unpaired) electrons. The van der Waals surface area contributed by atoms with Crippen LogP contribution in [0.3, 0.4) is 0 Å². The molecule has 4 rings (SSSR count). The van der Waals surface area contributed by atoms with Crippen LogP contribution in [-0.2, 0) is 4.79 Å². The van der Waals surface area contributed by atoms with Gasteiger partial charge >= 0.3 is 0 Å². The number of carbonyl (C=O) groups is 1. The molecule has 1 aromatic carbocycles. The molecule has 1 N–H and O–H groups in total. The molecule has 4 heteroatoms. The summed E-state index contributed by atoms with van der Waals surface area (Å²) >= 11 is 0. The maximum atomic E-state index is 12.7. The summed E-state index contributed by atoms with van der Waals surface area (Å²) in [6, 6.07) is 8.75. The lowest BCUT2D eigenvalue weighted by Gasteiger charge is -2.32. The average Bonchev–Trinajstić information content (AvgIpc) is 2.81. The van der Waals surface area contributed by atoms with Gasteiger partial charge in [0.25, 0.3) is 0 Å². The van der Waals surface area contributed by atoms with E-state index in [0.717, 1.165) is 41.8 Å². The minimum atomic E-state index is 0.174. The summed E-state index contributed by atoms with van der Waals surface area (Å²) in [5.74, 6) is 1.24. The summed E-state index contributed by atoms with van der Waals surface area (Å²) in [5, 5.41) is 3.68. The van der Waals surface area contributed by atoms with Crippen molar-refractivity contribution in [2.45, 2.75) is 56.5 Å². The largest absolute Gasteiger partial charge is 0.496 e. The third kappa shape index (κ3) is 2.74. The Balaban J connectivity index is 1.63. The lowest BCUT2D eigenvalue weighted by Crippen LogP contribution is -2.41. The summed E-state index contributed by atoms with van der Waals surface area (Å²) in [7, 11) is 1.69. The molecule has 0 saturated heterocycles. The van der Waals surface area contributed by atoms with Gasteiger partial charge in [-0.1, -0.05) is 31.0 Å². The number of ether oxygens (including phenoxy) is 1. The van der Waals surface area contributed by atoms with Crippen molar-refractivity contribution in [3.05, 3.63) is 41.1 Å². The van der Waals surface area contributed by atoms with Crippen LogP contribution in [0.2, 0.25) is 0 Å². The molecule has 0 spiro atoms. The molecule has 0 unspecified atom stereocenters. The van der Waals surface area contributed by atoms with Gasteiger partial charge in [0.1, 0.15) is 5.75 Å². The topological polar surface area (TPSA) is 50.7 Å². The quantitative estimate of drug-likeness (QED) is 0.907. The van der Waals surface area contributed by atoms with Crippen LogP contribution in [0.15, 0.2) is 40.5 Å². The Hall–Kier alpha value is -2.10. The number of hydrogen-bond acceptors (Lipinski definition) is 4. The molecule has 1 heterocycles. The second-order valence-electron chi connectivity index (χ2n) is 7.04. The molecule has 126 valence electrons. The molecule has 0 bridgehead atoms. The number of allylic oxidation sites excluding steroid dienone is 2. The first kappa shape index (κ1) is 15.4. The Morgan fingerprint density at radius 1 is 1.17 bits per heavy atom. The highest BCUT2D eigenvalue weighted by atomic mass is 16.5. The van der Waals surface area contributed by atoms with Gasteiger partial charge in [0.15, 0.2) is 5.78 Å². The normalized spacial score (nSPS) is 29.4. The number of carbonyl (C=O) groups excluding carboxylic acids is 1. The molecule has 3 aliphatic rings. The van der Waals surface area contributed by atoms with Crippen LogP contribution in [0, 0.1) is 0 Å². The van der Waals surface area contributed by atoms with Gasteiger partial charge in [-0.05, 0) is 30.9 Å². The predicted molar refractivity (Wildman–Crippen MR) is 94.7 cm³/mol. The number of nitrogens with one attached hydrogen (secondary N) is 1. The van der Waals surface area contributed by atoms with E-state index in [2.05, 4.69) is 11.4 Å². The van der Waals surface area contributed by atoms with E-state index in [1.54, 1.807) is 7.11 Å².